The molecule has 0 unspecified atom stereocenters. The van der Waals surface area contributed by atoms with Gasteiger partial charge in [0, 0.05) is 0 Å². The van der Waals surface area contributed by atoms with Crippen molar-refractivity contribution < 1.29 is 0 Å². The van der Waals surface area contributed by atoms with E-state index in [2.05, 4.69) is 18.2 Å². The van der Waals surface area contributed by atoms with E-state index in [1.165, 1.54) is 6.42 Å². The predicted octanol–water partition coefficient (Wildman–Crippen LogP) is 0.999. The normalized spacial score (nSPS) is 18.2. The van der Waals surface area contributed by atoms with Crippen LogP contribution in [0.25, 0.3) is 0 Å². The van der Waals surface area contributed by atoms with Gasteiger partial charge in [0.1, 0.15) is 0 Å². The van der Waals surface area contributed by atoms with Crippen molar-refractivity contribution in [2.75, 3.05) is 0 Å². The van der Waals surface area contributed by atoms with E-state index in [0.717, 1.165) is 25.8 Å². The van der Waals surface area contributed by atoms with E-state index < -0.39 is 0 Å². The third-order valence-corrected chi connectivity index (χ3v) is 2.46. The molecule has 0 radical (unpaired) electrons. The Morgan fingerprint density at radius 1 is 1.67 bits per heavy atom. The van der Waals surface area contributed by atoms with Gasteiger partial charge in [0.25, 0.3) is 0 Å². The molecule has 0 N–H and O–H groups in total. The van der Waals surface area contributed by atoms with E-state index in [-0.39, 0.29) is 0 Å². The van der Waals surface area contributed by atoms with Gasteiger partial charge in [-0.25, -0.2) is 0 Å². The molecule has 1 heteroatoms. The van der Waals surface area contributed by atoms with E-state index in [4.69, 9.17) is 0 Å². The Balaban J connectivity index is 2.61. The minimum absolute atomic E-state index is 1.07. The van der Waals surface area contributed by atoms with Crippen LogP contribution in [0.1, 0.15) is 6.42 Å². The molecule has 0 aromatic carbocycles. The summed E-state index contributed by atoms with van der Waals surface area (Å²) in [6.07, 6.45) is 7.79. The van der Waals surface area contributed by atoms with Gasteiger partial charge in [-0.1, -0.05) is 0 Å². The van der Waals surface area contributed by atoms with Crippen molar-refractivity contribution in [3.8, 4) is 0 Å². The van der Waals surface area contributed by atoms with Crippen molar-refractivity contribution in [1.29, 1.82) is 0 Å². The molecule has 0 aromatic heterocycles. The van der Waals surface area contributed by atoms with Gasteiger partial charge < -0.3 is 0 Å². The third kappa shape index (κ3) is 0.930. The Kier molecular flexibility index (Phi) is 1.45. The van der Waals surface area contributed by atoms with Crippen LogP contribution in [0, 0.1) is 0 Å². The van der Waals surface area contributed by atoms with E-state index in [9.17, 15) is 0 Å². The van der Waals surface area contributed by atoms with E-state index in [1.807, 2.05) is 0 Å². The summed E-state index contributed by atoms with van der Waals surface area (Å²) in [5.41, 5.74) is 0. The van der Waals surface area contributed by atoms with Crippen molar-refractivity contribution in [2.45, 2.75) is 6.42 Å². The molecule has 1 rings (SSSR count). The van der Waals surface area contributed by atoms with Gasteiger partial charge in [0.05, 0.1) is 0 Å². The standard InChI is InChI=1S/C5H5.Tl/c1-2-4-5-3-1;/h1-3H,4H2;. The van der Waals surface area contributed by atoms with Crippen molar-refractivity contribution in [2.24, 2.45) is 0 Å². The second-order valence-corrected chi connectivity index (χ2v) is 4.26. The maximum absolute atomic E-state index is 2.21. The fraction of sp³-hybridized carbons (Fsp3) is 0.200. The number of allylic oxidation sites excluding steroid dienone is 4. The molecule has 0 aliphatic heterocycles. The van der Waals surface area contributed by atoms with Gasteiger partial charge in [0.15, 0.2) is 0 Å². The summed E-state index contributed by atoms with van der Waals surface area (Å²) in [7, 11) is 0. The Labute approximate surface area is 53.6 Å². The van der Waals surface area contributed by atoms with Crippen molar-refractivity contribution in [3.63, 3.8) is 0 Å². The molecule has 0 fully saturated rings. The van der Waals surface area contributed by atoms with E-state index in [0.29, 0.717) is 0 Å². The molecule has 0 atom stereocenters. The van der Waals surface area contributed by atoms with Crippen LogP contribution >= 0.6 is 0 Å². The van der Waals surface area contributed by atoms with Crippen LogP contribution in [0.2, 0.25) is 0 Å². The second kappa shape index (κ2) is 1.91. The summed E-state index contributed by atoms with van der Waals surface area (Å²) in [5.74, 6) is 0. The molecular formula is C5H5Tl. The first-order valence-corrected chi connectivity index (χ1v) is 4.25. The molecule has 0 saturated heterocycles. The monoisotopic (exact) mass is 270 g/mol. The average Bonchev–Trinajstić information content (AvgIpc) is 1.86. The molecule has 1 aliphatic rings. The van der Waals surface area contributed by atoms with E-state index in [1.54, 1.807) is 3.13 Å². The van der Waals surface area contributed by atoms with Crippen LogP contribution in [0.3, 0.4) is 0 Å². The van der Waals surface area contributed by atoms with Gasteiger partial charge in [-0.2, -0.15) is 0 Å². The van der Waals surface area contributed by atoms with Crippen LogP contribution in [0.15, 0.2) is 21.4 Å². The Bertz CT molecular complexity index is 101. The Morgan fingerprint density at radius 3 is 2.67 bits per heavy atom. The Morgan fingerprint density at radius 2 is 2.50 bits per heavy atom. The number of hydrogen-bond donors (Lipinski definition) is 0. The summed E-state index contributed by atoms with van der Waals surface area (Å²) in [6, 6.07) is 0. The second-order valence-electron chi connectivity index (χ2n) is 1.37. The molecule has 0 spiro atoms. The summed E-state index contributed by atoms with van der Waals surface area (Å²) in [4.78, 5) is 0. The van der Waals surface area contributed by atoms with Crippen LogP contribution in [0.4, 0.5) is 0 Å². The SMILES string of the molecule is [Tl][C]1=CC=CC1. The molecule has 0 amide bonds. The number of hydrogen-bond acceptors (Lipinski definition) is 0. The molecule has 1 aliphatic carbocycles. The minimum atomic E-state index is 1.07. The fourth-order valence-corrected chi connectivity index (χ4v) is 1.42. The predicted molar refractivity (Wildman–Crippen MR) is 27.6 cm³/mol. The molecule has 0 bridgehead atoms. The zero-order chi connectivity index (χ0) is 4.41. The van der Waals surface area contributed by atoms with Crippen LogP contribution in [0.5, 0.6) is 0 Å². The van der Waals surface area contributed by atoms with Crippen molar-refractivity contribution >= 4 is 25.8 Å². The first-order chi connectivity index (χ1) is 2.89. The van der Waals surface area contributed by atoms with Crippen molar-refractivity contribution in [3.05, 3.63) is 21.4 Å². The van der Waals surface area contributed by atoms with Crippen LogP contribution in [-0.2, 0) is 0 Å². The van der Waals surface area contributed by atoms with Crippen LogP contribution in [-0.4, -0.2) is 25.8 Å². The third-order valence-electron chi connectivity index (χ3n) is 0.800. The zero-order valence-electron chi connectivity index (χ0n) is 3.52. The fourth-order valence-electron chi connectivity index (χ4n) is 0.464. The van der Waals surface area contributed by atoms with Gasteiger partial charge in [-0.15, -0.1) is 0 Å². The first-order valence-electron chi connectivity index (χ1n) is 2.01. The van der Waals surface area contributed by atoms with Crippen LogP contribution < -0.4 is 0 Å². The molecule has 6 heavy (non-hydrogen) atoms. The topological polar surface area (TPSA) is 0 Å². The van der Waals surface area contributed by atoms with Gasteiger partial charge in [-0.05, 0) is 0 Å². The van der Waals surface area contributed by atoms with Crippen molar-refractivity contribution in [1.82, 2.24) is 0 Å². The molecule has 0 aromatic rings. The molecular weight excluding hydrogens is 264 g/mol. The molecule has 28 valence electrons. The number of rotatable bonds is 0. The quantitative estimate of drug-likeness (QED) is 0.576. The summed E-state index contributed by atoms with van der Waals surface area (Å²) in [6.45, 7) is 0. The Hall–Kier alpha value is 0.402. The average molecular weight is 269 g/mol. The molecule has 0 saturated carbocycles. The van der Waals surface area contributed by atoms with Gasteiger partial charge >= 0.3 is 53.5 Å². The molecule has 0 nitrogen and oxygen atoms in total. The summed E-state index contributed by atoms with van der Waals surface area (Å²) < 4.78 is 1.63. The first kappa shape index (κ1) is 4.56. The molecule has 0 heterocycles. The van der Waals surface area contributed by atoms with Gasteiger partial charge in [0.2, 0.25) is 0 Å². The van der Waals surface area contributed by atoms with E-state index >= 15 is 0 Å². The van der Waals surface area contributed by atoms with Gasteiger partial charge in [-0.3, -0.25) is 0 Å². The summed E-state index contributed by atoms with van der Waals surface area (Å²) in [5, 5.41) is 0. The summed E-state index contributed by atoms with van der Waals surface area (Å²) >= 11 is 1.07. The zero-order valence-corrected chi connectivity index (χ0v) is 8.01. The maximum atomic E-state index is 2.21.